The van der Waals surface area contributed by atoms with Crippen molar-refractivity contribution < 1.29 is 23.9 Å². The number of nitrogens with zero attached hydrogens (tertiary/aromatic N) is 2. The Balaban J connectivity index is 2.02. The number of imide groups is 1. The molecule has 0 aliphatic rings. The number of amides is 3. The number of urea groups is 1. The topological polar surface area (TPSA) is 112 Å². The molecule has 1 atom stereocenters. The molecule has 2 N–H and O–H groups in total. The first kappa shape index (κ1) is 21.9. The van der Waals surface area contributed by atoms with E-state index in [9.17, 15) is 14.4 Å². The monoisotopic (exact) mass is 402 g/mol. The second kappa shape index (κ2) is 9.72. The van der Waals surface area contributed by atoms with Crippen LogP contribution < -0.4 is 15.4 Å². The second-order valence-electron chi connectivity index (χ2n) is 6.46. The standard InChI is InChI=1S/C20H26N4O5/c1-12-17(9-10-18(25)29-14(3)19(26)22-20(27)21-4)13(2)24(23-12)15-7-6-8-16(11-15)28-5/h6-8,11,14H,9-10H2,1-5H3,(H2,21,22,26,27)/t14-/m0/s1. The smallest absolute Gasteiger partial charge is 0.321 e. The van der Waals surface area contributed by atoms with Crippen molar-refractivity contribution in [2.75, 3.05) is 14.2 Å². The van der Waals surface area contributed by atoms with E-state index in [1.165, 1.54) is 14.0 Å². The zero-order valence-electron chi connectivity index (χ0n) is 17.2. The van der Waals surface area contributed by atoms with Crippen molar-refractivity contribution in [1.29, 1.82) is 0 Å². The van der Waals surface area contributed by atoms with Gasteiger partial charge in [-0.1, -0.05) is 6.07 Å². The molecule has 0 radical (unpaired) electrons. The number of nitrogens with one attached hydrogen (secondary N) is 2. The molecule has 1 aromatic heterocycles. The molecular weight excluding hydrogens is 376 g/mol. The van der Waals surface area contributed by atoms with E-state index >= 15 is 0 Å². The van der Waals surface area contributed by atoms with Crippen molar-refractivity contribution in [3.05, 3.63) is 41.2 Å². The molecule has 0 saturated heterocycles. The molecule has 9 heteroatoms. The summed E-state index contributed by atoms with van der Waals surface area (Å²) in [6.07, 6.45) is -0.561. The molecule has 0 spiro atoms. The molecule has 1 aromatic carbocycles. The first-order valence-electron chi connectivity index (χ1n) is 9.18. The van der Waals surface area contributed by atoms with Crippen molar-refractivity contribution in [2.45, 2.75) is 39.7 Å². The van der Waals surface area contributed by atoms with E-state index < -0.39 is 24.0 Å². The number of rotatable bonds is 7. The van der Waals surface area contributed by atoms with E-state index in [0.717, 1.165) is 28.4 Å². The highest BCUT2D eigenvalue weighted by atomic mass is 16.5. The fourth-order valence-electron chi connectivity index (χ4n) is 2.84. The van der Waals surface area contributed by atoms with Crippen LogP contribution in [0, 0.1) is 13.8 Å². The summed E-state index contributed by atoms with van der Waals surface area (Å²) in [6.45, 7) is 5.22. The van der Waals surface area contributed by atoms with Crippen LogP contribution in [0.25, 0.3) is 5.69 Å². The molecule has 3 amide bonds. The Morgan fingerprint density at radius 3 is 2.62 bits per heavy atom. The number of hydrogen-bond acceptors (Lipinski definition) is 6. The molecule has 1 heterocycles. The lowest BCUT2D eigenvalue weighted by Crippen LogP contribution is -2.43. The van der Waals surface area contributed by atoms with Crippen LogP contribution in [-0.4, -0.2) is 47.9 Å². The highest BCUT2D eigenvalue weighted by Crippen LogP contribution is 2.22. The summed E-state index contributed by atoms with van der Waals surface area (Å²) in [7, 11) is 2.99. The molecule has 156 valence electrons. The summed E-state index contributed by atoms with van der Waals surface area (Å²) >= 11 is 0. The van der Waals surface area contributed by atoms with E-state index in [1.807, 2.05) is 38.1 Å². The maximum Gasteiger partial charge on any atom is 0.321 e. The van der Waals surface area contributed by atoms with Gasteiger partial charge in [-0.15, -0.1) is 0 Å². The summed E-state index contributed by atoms with van der Waals surface area (Å²) in [5.41, 5.74) is 3.52. The molecule has 0 bridgehead atoms. The van der Waals surface area contributed by atoms with Gasteiger partial charge in [0.2, 0.25) is 0 Å². The predicted octanol–water partition coefficient (Wildman–Crippen LogP) is 1.82. The fraction of sp³-hybridized carbons (Fsp3) is 0.400. The van der Waals surface area contributed by atoms with E-state index in [4.69, 9.17) is 9.47 Å². The van der Waals surface area contributed by atoms with Crippen molar-refractivity contribution >= 4 is 17.9 Å². The summed E-state index contributed by atoms with van der Waals surface area (Å²) in [5, 5.41) is 8.89. The third-order valence-electron chi connectivity index (χ3n) is 4.46. The average molecular weight is 402 g/mol. The minimum Gasteiger partial charge on any atom is -0.497 e. The normalized spacial score (nSPS) is 11.5. The number of benzene rings is 1. The lowest BCUT2D eigenvalue weighted by atomic mass is 10.1. The molecule has 2 rings (SSSR count). The van der Waals surface area contributed by atoms with Crippen LogP contribution in [0.3, 0.4) is 0 Å². The molecule has 0 aliphatic heterocycles. The lowest BCUT2D eigenvalue weighted by molar-refractivity contribution is -0.154. The maximum absolute atomic E-state index is 12.1. The van der Waals surface area contributed by atoms with E-state index in [0.29, 0.717) is 6.42 Å². The zero-order chi connectivity index (χ0) is 21.6. The summed E-state index contributed by atoms with van der Waals surface area (Å²) in [4.78, 5) is 35.1. The Kier molecular flexibility index (Phi) is 7.35. The fourth-order valence-corrected chi connectivity index (χ4v) is 2.84. The molecule has 0 unspecified atom stereocenters. The van der Waals surface area contributed by atoms with Crippen molar-refractivity contribution in [3.63, 3.8) is 0 Å². The highest BCUT2D eigenvalue weighted by Gasteiger charge is 2.20. The number of carbonyl (C=O) groups is 3. The van der Waals surface area contributed by atoms with Gasteiger partial charge in [-0.05, 0) is 44.9 Å². The van der Waals surface area contributed by atoms with Gasteiger partial charge in [0, 0.05) is 25.2 Å². The Morgan fingerprint density at radius 1 is 1.24 bits per heavy atom. The van der Waals surface area contributed by atoms with Crippen molar-refractivity contribution in [2.24, 2.45) is 0 Å². The summed E-state index contributed by atoms with van der Waals surface area (Å²) in [6, 6.07) is 6.88. The van der Waals surface area contributed by atoms with Crippen LogP contribution in [-0.2, 0) is 20.7 Å². The van der Waals surface area contributed by atoms with Gasteiger partial charge < -0.3 is 14.8 Å². The van der Waals surface area contributed by atoms with Gasteiger partial charge in [-0.25, -0.2) is 9.48 Å². The van der Waals surface area contributed by atoms with E-state index in [1.54, 1.807) is 11.8 Å². The quantitative estimate of drug-likeness (QED) is 0.684. The lowest BCUT2D eigenvalue weighted by Gasteiger charge is -2.12. The molecule has 0 fully saturated rings. The van der Waals surface area contributed by atoms with Gasteiger partial charge >= 0.3 is 12.0 Å². The Hall–Kier alpha value is -3.36. The number of hydrogen-bond donors (Lipinski definition) is 2. The minimum atomic E-state index is -1.07. The number of carbonyl (C=O) groups excluding carboxylic acids is 3. The van der Waals surface area contributed by atoms with Crippen molar-refractivity contribution in [3.8, 4) is 11.4 Å². The maximum atomic E-state index is 12.1. The third kappa shape index (κ3) is 5.56. The molecule has 9 nitrogen and oxygen atoms in total. The van der Waals surface area contributed by atoms with Crippen LogP contribution in [0.15, 0.2) is 24.3 Å². The highest BCUT2D eigenvalue weighted by molar-refractivity contribution is 5.96. The summed E-state index contributed by atoms with van der Waals surface area (Å²) in [5.74, 6) is -0.488. The van der Waals surface area contributed by atoms with Crippen molar-refractivity contribution in [1.82, 2.24) is 20.4 Å². The Labute approximate surface area is 169 Å². The first-order chi connectivity index (χ1) is 13.8. The Bertz CT molecular complexity index is 906. The number of esters is 1. The van der Waals surface area contributed by atoms with Gasteiger partial charge in [0.1, 0.15) is 5.75 Å². The minimum absolute atomic E-state index is 0.0864. The van der Waals surface area contributed by atoms with Crippen LogP contribution in [0.1, 0.15) is 30.3 Å². The predicted molar refractivity (Wildman–Crippen MR) is 106 cm³/mol. The zero-order valence-corrected chi connectivity index (χ0v) is 17.2. The van der Waals surface area contributed by atoms with Gasteiger partial charge in [0.05, 0.1) is 18.5 Å². The third-order valence-corrected chi connectivity index (χ3v) is 4.46. The Morgan fingerprint density at radius 2 is 1.97 bits per heavy atom. The van der Waals surface area contributed by atoms with Crippen LogP contribution in [0.4, 0.5) is 4.79 Å². The van der Waals surface area contributed by atoms with Gasteiger partial charge in [-0.3, -0.25) is 14.9 Å². The van der Waals surface area contributed by atoms with Gasteiger partial charge in [-0.2, -0.15) is 5.10 Å². The van der Waals surface area contributed by atoms with E-state index in [-0.39, 0.29) is 6.42 Å². The molecular formula is C20H26N4O5. The number of aryl methyl sites for hydroxylation is 1. The number of methoxy groups -OCH3 is 1. The number of aromatic nitrogens is 2. The van der Waals surface area contributed by atoms with Crippen LogP contribution in [0.2, 0.25) is 0 Å². The molecule has 0 aliphatic carbocycles. The molecule has 29 heavy (non-hydrogen) atoms. The van der Waals surface area contributed by atoms with Gasteiger partial charge in [0.15, 0.2) is 6.10 Å². The molecule has 2 aromatic rings. The van der Waals surface area contributed by atoms with Crippen LogP contribution in [0.5, 0.6) is 5.75 Å². The van der Waals surface area contributed by atoms with Crippen LogP contribution >= 0.6 is 0 Å². The largest absolute Gasteiger partial charge is 0.497 e. The second-order valence-corrected chi connectivity index (χ2v) is 6.46. The van der Waals surface area contributed by atoms with Gasteiger partial charge in [0.25, 0.3) is 5.91 Å². The SMILES string of the molecule is CNC(=O)NC(=O)[C@H](C)OC(=O)CCc1c(C)nn(-c2cccc(OC)c2)c1C. The number of ether oxygens (including phenoxy) is 2. The average Bonchev–Trinajstić information content (AvgIpc) is 2.99. The first-order valence-corrected chi connectivity index (χ1v) is 9.18. The summed E-state index contributed by atoms with van der Waals surface area (Å²) < 4.78 is 12.2. The molecule has 0 saturated carbocycles. The van der Waals surface area contributed by atoms with E-state index in [2.05, 4.69) is 15.7 Å².